The van der Waals surface area contributed by atoms with Crippen molar-refractivity contribution < 1.29 is 9.53 Å². The van der Waals surface area contributed by atoms with Gasteiger partial charge in [-0.2, -0.15) is 0 Å². The van der Waals surface area contributed by atoms with Crippen LogP contribution in [-0.4, -0.2) is 35.5 Å². The average Bonchev–Trinajstić information content (AvgIpc) is 3.46. The van der Waals surface area contributed by atoms with Crippen molar-refractivity contribution in [2.75, 3.05) is 19.7 Å². The summed E-state index contributed by atoms with van der Waals surface area (Å²) in [5, 5.41) is 3.10. The zero-order valence-corrected chi connectivity index (χ0v) is 15.4. The van der Waals surface area contributed by atoms with E-state index in [1.54, 1.807) is 6.20 Å². The molecule has 2 aliphatic heterocycles. The highest BCUT2D eigenvalue weighted by Crippen LogP contribution is 2.48. The molecule has 0 unspecified atom stereocenters. The number of nitrogens with zero attached hydrogens (tertiary/aromatic N) is 2. The Labute approximate surface area is 159 Å². The lowest BCUT2D eigenvalue weighted by Gasteiger charge is -2.34. The molecule has 1 N–H and O–H groups in total. The Morgan fingerprint density at radius 2 is 2.04 bits per heavy atom. The second-order valence-corrected chi connectivity index (χ2v) is 8.00. The molecule has 27 heavy (non-hydrogen) atoms. The first-order valence-electron chi connectivity index (χ1n) is 9.93. The van der Waals surface area contributed by atoms with Crippen LogP contribution in [0.25, 0.3) is 0 Å². The number of hydrogen-bond donors (Lipinski definition) is 1. The van der Waals surface area contributed by atoms with E-state index in [9.17, 15) is 4.79 Å². The molecule has 5 heteroatoms. The van der Waals surface area contributed by atoms with Crippen LogP contribution in [0, 0.1) is 17.8 Å². The van der Waals surface area contributed by atoms with Crippen molar-refractivity contribution in [2.24, 2.45) is 17.8 Å². The van der Waals surface area contributed by atoms with Gasteiger partial charge in [-0.15, -0.1) is 0 Å². The Kier molecular flexibility index (Phi) is 4.32. The fraction of sp³-hybridized carbons (Fsp3) is 0.455. The number of ether oxygens (including phenoxy) is 1. The molecular weight excluding hydrogens is 338 g/mol. The summed E-state index contributed by atoms with van der Waals surface area (Å²) < 4.78 is 6.03. The van der Waals surface area contributed by atoms with Gasteiger partial charge in [0.05, 0.1) is 24.8 Å². The van der Waals surface area contributed by atoms with Gasteiger partial charge in [0.25, 0.3) is 0 Å². The lowest BCUT2D eigenvalue weighted by atomic mass is 9.85. The number of carbonyl (C=O) groups excluding carboxylic acids is 1. The van der Waals surface area contributed by atoms with Crippen LogP contribution in [0.1, 0.15) is 30.1 Å². The van der Waals surface area contributed by atoms with E-state index >= 15 is 0 Å². The summed E-state index contributed by atoms with van der Waals surface area (Å²) in [5.74, 6) is 2.08. The third-order valence-electron chi connectivity index (χ3n) is 6.11. The third-order valence-corrected chi connectivity index (χ3v) is 6.11. The van der Waals surface area contributed by atoms with Crippen LogP contribution < -0.4 is 10.1 Å². The van der Waals surface area contributed by atoms with Gasteiger partial charge in [0.2, 0.25) is 5.91 Å². The molecule has 1 aliphatic carbocycles. The Balaban J connectivity index is 1.35. The minimum absolute atomic E-state index is 0.0363. The molecule has 3 aliphatic rings. The molecule has 3 heterocycles. The predicted molar refractivity (Wildman–Crippen MR) is 102 cm³/mol. The Bertz CT molecular complexity index is 821. The largest absolute Gasteiger partial charge is 0.493 e. The fourth-order valence-electron chi connectivity index (χ4n) is 4.58. The number of likely N-dealkylation sites (tertiary alicyclic amines) is 1. The zero-order valence-electron chi connectivity index (χ0n) is 15.4. The molecule has 5 nitrogen and oxygen atoms in total. The maximum absolute atomic E-state index is 13.0. The molecule has 1 aromatic carbocycles. The van der Waals surface area contributed by atoms with Gasteiger partial charge in [0.15, 0.2) is 0 Å². The molecule has 1 saturated heterocycles. The maximum Gasteiger partial charge on any atom is 0.225 e. The molecule has 2 aromatic rings. The summed E-state index contributed by atoms with van der Waals surface area (Å²) in [6.45, 7) is 3.01. The number of hydrogen-bond acceptors (Lipinski definition) is 4. The van der Waals surface area contributed by atoms with E-state index in [0.29, 0.717) is 19.2 Å². The summed E-state index contributed by atoms with van der Waals surface area (Å²) >= 11 is 0. The van der Waals surface area contributed by atoms with E-state index in [1.807, 2.05) is 24.3 Å². The number of aromatic nitrogens is 1. The molecule has 2 fully saturated rings. The summed E-state index contributed by atoms with van der Waals surface area (Å²) in [6.07, 6.45) is 4.40. The number of pyridine rings is 1. The van der Waals surface area contributed by atoms with E-state index in [1.165, 1.54) is 18.4 Å². The molecule has 0 bridgehead atoms. The average molecular weight is 363 g/mol. The maximum atomic E-state index is 13.0. The number of rotatable bonds is 5. The van der Waals surface area contributed by atoms with E-state index in [2.05, 4.69) is 33.4 Å². The highest BCUT2D eigenvalue weighted by atomic mass is 16.5. The fourth-order valence-corrected chi connectivity index (χ4v) is 4.58. The van der Waals surface area contributed by atoms with Crippen LogP contribution >= 0.6 is 0 Å². The van der Waals surface area contributed by atoms with Crippen molar-refractivity contribution in [3.05, 3.63) is 59.9 Å². The Hall–Kier alpha value is -2.40. The molecule has 5 rings (SSSR count). The van der Waals surface area contributed by atoms with Gasteiger partial charge in [-0.1, -0.05) is 24.3 Å². The van der Waals surface area contributed by atoms with Crippen molar-refractivity contribution in [1.82, 2.24) is 15.2 Å². The van der Waals surface area contributed by atoms with Gasteiger partial charge in [0, 0.05) is 36.8 Å². The normalized spacial score (nSPS) is 26.7. The molecule has 1 aromatic heterocycles. The number of carbonyl (C=O) groups is 1. The number of fused-ring (bicyclic) bond motifs is 3. The minimum atomic E-state index is -0.0363. The summed E-state index contributed by atoms with van der Waals surface area (Å²) in [5.41, 5.74) is 2.13. The van der Waals surface area contributed by atoms with E-state index < -0.39 is 0 Å². The molecule has 1 amide bonds. The highest BCUT2D eigenvalue weighted by Gasteiger charge is 2.49. The molecule has 0 spiro atoms. The van der Waals surface area contributed by atoms with Gasteiger partial charge >= 0.3 is 0 Å². The topological polar surface area (TPSA) is 54.5 Å². The van der Waals surface area contributed by atoms with Crippen molar-refractivity contribution in [1.29, 1.82) is 0 Å². The third kappa shape index (κ3) is 3.32. The molecule has 1 saturated carbocycles. The van der Waals surface area contributed by atoms with Crippen molar-refractivity contribution in [3.8, 4) is 5.75 Å². The van der Waals surface area contributed by atoms with E-state index in [4.69, 9.17) is 4.74 Å². The molecular formula is C22H25N3O2. The van der Waals surface area contributed by atoms with Crippen LogP contribution in [0.15, 0.2) is 48.7 Å². The standard InChI is InChI=1S/C22H25N3O2/c26-22(24-11-16-5-3-4-10-23-16)18-13-25(12-15-8-9-15)21-17-6-1-2-7-20(17)27-14-19(18)21/h1-7,10,15,18-19,21H,8-9,11-14H2,(H,24,26)/t18-,19+,21+/m1/s1. The van der Waals surface area contributed by atoms with E-state index in [0.717, 1.165) is 30.5 Å². The van der Waals surface area contributed by atoms with Crippen LogP contribution in [0.2, 0.25) is 0 Å². The lowest BCUT2D eigenvalue weighted by Crippen LogP contribution is -2.38. The Morgan fingerprint density at radius 3 is 2.85 bits per heavy atom. The first-order valence-corrected chi connectivity index (χ1v) is 9.93. The van der Waals surface area contributed by atoms with Crippen molar-refractivity contribution in [2.45, 2.75) is 25.4 Å². The van der Waals surface area contributed by atoms with Crippen LogP contribution in [0.3, 0.4) is 0 Å². The van der Waals surface area contributed by atoms with Crippen molar-refractivity contribution in [3.63, 3.8) is 0 Å². The van der Waals surface area contributed by atoms with Gasteiger partial charge in [-0.25, -0.2) is 0 Å². The molecule has 3 atom stereocenters. The van der Waals surface area contributed by atoms with Gasteiger partial charge in [-0.05, 0) is 37.0 Å². The number of benzene rings is 1. The SMILES string of the molecule is O=C(NCc1ccccn1)[C@@H]1CN(CC2CC2)[C@H]2c3ccccc3OC[C@@H]12. The lowest BCUT2D eigenvalue weighted by molar-refractivity contribution is -0.126. The summed E-state index contributed by atoms with van der Waals surface area (Å²) in [4.78, 5) is 19.8. The highest BCUT2D eigenvalue weighted by molar-refractivity contribution is 5.80. The van der Waals surface area contributed by atoms with Gasteiger partial charge < -0.3 is 10.1 Å². The predicted octanol–water partition coefficient (Wildman–Crippen LogP) is 2.79. The van der Waals surface area contributed by atoms with Crippen molar-refractivity contribution >= 4 is 5.91 Å². The smallest absolute Gasteiger partial charge is 0.225 e. The summed E-state index contributed by atoms with van der Waals surface area (Å²) in [6, 6.07) is 14.4. The number of para-hydroxylation sites is 1. The Morgan fingerprint density at radius 1 is 1.19 bits per heavy atom. The quantitative estimate of drug-likeness (QED) is 0.888. The number of nitrogens with one attached hydrogen (secondary N) is 1. The number of amides is 1. The van der Waals surface area contributed by atoms with Crippen LogP contribution in [0.4, 0.5) is 0 Å². The van der Waals surface area contributed by atoms with Gasteiger partial charge in [0.1, 0.15) is 5.75 Å². The summed E-state index contributed by atoms with van der Waals surface area (Å²) in [7, 11) is 0. The molecule has 140 valence electrons. The second-order valence-electron chi connectivity index (χ2n) is 8.00. The van der Waals surface area contributed by atoms with Gasteiger partial charge in [-0.3, -0.25) is 14.7 Å². The first kappa shape index (κ1) is 16.8. The zero-order chi connectivity index (χ0) is 18.2. The first-order chi connectivity index (χ1) is 13.3. The van der Waals surface area contributed by atoms with Crippen LogP contribution in [0.5, 0.6) is 5.75 Å². The molecule has 0 radical (unpaired) electrons. The second kappa shape index (κ2) is 6.97. The van der Waals surface area contributed by atoms with E-state index in [-0.39, 0.29) is 17.7 Å². The van der Waals surface area contributed by atoms with Crippen LogP contribution in [-0.2, 0) is 11.3 Å². The minimum Gasteiger partial charge on any atom is -0.493 e. The monoisotopic (exact) mass is 363 g/mol.